The Bertz CT molecular complexity index is 565. The zero-order valence-corrected chi connectivity index (χ0v) is 10.8. The van der Waals surface area contributed by atoms with E-state index in [1.807, 2.05) is 13.8 Å². The fourth-order valence-corrected chi connectivity index (χ4v) is 2.34. The largest absolute Gasteiger partial charge is 0.478 e. The minimum Gasteiger partial charge on any atom is -0.478 e. The standard InChI is InChI=1S/C14H15NO4/c1-3-4-8(2)15-12(16)10-6-5-9(14(18)19)7-11(10)13(15)17/h5-8H,3-4H2,1-2H3,(H,18,19). The predicted octanol–water partition coefficient (Wildman–Crippen LogP) is 2.17. The number of hydrogen-bond donors (Lipinski definition) is 1. The molecule has 1 aromatic carbocycles. The van der Waals surface area contributed by atoms with Crippen LogP contribution < -0.4 is 0 Å². The lowest BCUT2D eigenvalue weighted by Crippen LogP contribution is -2.37. The first-order chi connectivity index (χ1) is 8.97. The lowest BCUT2D eigenvalue weighted by Gasteiger charge is -2.21. The van der Waals surface area contributed by atoms with Crippen molar-refractivity contribution in [3.05, 3.63) is 34.9 Å². The van der Waals surface area contributed by atoms with Gasteiger partial charge in [0.25, 0.3) is 11.8 Å². The van der Waals surface area contributed by atoms with E-state index < -0.39 is 11.9 Å². The van der Waals surface area contributed by atoms with Crippen LogP contribution >= 0.6 is 0 Å². The Morgan fingerprint density at radius 2 is 1.89 bits per heavy atom. The van der Waals surface area contributed by atoms with Crippen molar-refractivity contribution >= 4 is 17.8 Å². The van der Waals surface area contributed by atoms with Gasteiger partial charge in [-0.15, -0.1) is 0 Å². The average molecular weight is 261 g/mol. The zero-order valence-electron chi connectivity index (χ0n) is 10.8. The Kier molecular flexibility index (Phi) is 3.38. The molecule has 1 aliphatic heterocycles. The van der Waals surface area contributed by atoms with Gasteiger partial charge in [0.2, 0.25) is 0 Å². The van der Waals surface area contributed by atoms with Crippen LogP contribution in [0.25, 0.3) is 0 Å². The van der Waals surface area contributed by atoms with Gasteiger partial charge in [0.05, 0.1) is 16.7 Å². The lowest BCUT2D eigenvalue weighted by atomic mass is 10.1. The first kappa shape index (κ1) is 13.3. The molecule has 19 heavy (non-hydrogen) atoms. The van der Waals surface area contributed by atoms with Crippen LogP contribution in [0.5, 0.6) is 0 Å². The fraction of sp³-hybridized carbons (Fsp3) is 0.357. The number of benzene rings is 1. The molecule has 1 aromatic rings. The number of carboxylic acid groups (broad SMARTS) is 1. The Morgan fingerprint density at radius 1 is 1.26 bits per heavy atom. The molecule has 100 valence electrons. The van der Waals surface area contributed by atoms with Crippen LogP contribution in [0, 0.1) is 0 Å². The summed E-state index contributed by atoms with van der Waals surface area (Å²) in [6.45, 7) is 3.81. The van der Waals surface area contributed by atoms with E-state index in [0.29, 0.717) is 0 Å². The van der Waals surface area contributed by atoms with Gasteiger partial charge in [-0.3, -0.25) is 14.5 Å². The summed E-state index contributed by atoms with van der Waals surface area (Å²) in [7, 11) is 0. The molecule has 0 spiro atoms. The van der Waals surface area contributed by atoms with Gasteiger partial charge in [0, 0.05) is 6.04 Å². The molecule has 5 heteroatoms. The van der Waals surface area contributed by atoms with Gasteiger partial charge in [-0.1, -0.05) is 13.3 Å². The highest BCUT2D eigenvalue weighted by atomic mass is 16.4. The van der Waals surface area contributed by atoms with E-state index in [1.165, 1.54) is 23.1 Å². The predicted molar refractivity (Wildman–Crippen MR) is 68.3 cm³/mol. The highest BCUT2D eigenvalue weighted by molar-refractivity contribution is 6.22. The molecule has 1 N–H and O–H groups in total. The van der Waals surface area contributed by atoms with Crippen LogP contribution in [0.2, 0.25) is 0 Å². The molecule has 2 amide bonds. The van der Waals surface area contributed by atoms with Gasteiger partial charge in [-0.05, 0) is 31.5 Å². The highest BCUT2D eigenvalue weighted by Crippen LogP contribution is 2.27. The summed E-state index contributed by atoms with van der Waals surface area (Å²) >= 11 is 0. The minimum absolute atomic E-state index is 0.0184. The van der Waals surface area contributed by atoms with E-state index in [2.05, 4.69) is 0 Å². The van der Waals surface area contributed by atoms with Gasteiger partial charge >= 0.3 is 5.97 Å². The highest BCUT2D eigenvalue weighted by Gasteiger charge is 2.38. The second-order valence-corrected chi connectivity index (χ2v) is 4.68. The second-order valence-electron chi connectivity index (χ2n) is 4.68. The third kappa shape index (κ3) is 2.12. The Hall–Kier alpha value is -2.17. The summed E-state index contributed by atoms with van der Waals surface area (Å²) in [6, 6.07) is 3.86. The minimum atomic E-state index is -1.11. The number of carbonyl (C=O) groups is 3. The summed E-state index contributed by atoms with van der Waals surface area (Å²) in [6.07, 6.45) is 1.60. The lowest BCUT2D eigenvalue weighted by molar-refractivity contribution is 0.0589. The van der Waals surface area contributed by atoms with Crippen LogP contribution in [-0.2, 0) is 0 Å². The van der Waals surface area contributed by atoms with Crippen LogP contribution in [0.4, 0.5) is 0 Å². The summed E-state index contributed by atoms with van der Waals surface area (Å²) < 4.78 is 0. The van der Waals surface area contributed by atoms with Crippen LogP contribution in [0.1, 0.15) is 57.8 Å². The topological polar surface area (TPSA) is 74.7 Å². The van der Waals surface area contributed by atoms with Crippen molar-refractivity contribution in [3.8, 4) is 0 Å². The van der Waals surface area contributed by atoms with Crippen LogP contribution in [-0.4, -0.2) is 33.8 Å². The van der Waals surface area contributed by atoms with Crippen molar-refractivity contribution in [1.29, 1.82) is 0 Å². The molecule has 1 heterocycles. The van der Waals surface area contributed by atoms with Crippen LogP contribution in [0.15, 0.2) is 18.2 Å². The third-order valence-corrected chi connectivity index (χ3v) is 3.31. The maximum absolute atomic E-state index is 12.2. The van der Waals surface area contributed by atoms with Crippen molar-refractivity contribution in [3.63, 3.8) is 0 Å². The summed E-state index contributed by atoms with van der Waals surface area (Å²) in [5.41, 5.74) is 0.496. The fourth-order valence-electron chi connectivity index (χ4n) is 2.34. The van der Waals surface area contributed by atoms with E-state index in [9.17, 15) is 14.4 Å². The van der Waals surface area contributed by atoms with Crippen molar-refractivity contribution in [2.45, 2.75) is 32.7 Å². The summed E-state index contributed by atoms with van der Waals surface area (Å²) in [5, 5.41) is 8.92. The molecule has 0 fully saturated rings. The number of carbonyl (C=O) groups excluding carboxylic acids is 2. The van der Waals surface area contributed by atoms with Crippen LogP contribution in [0.3, 0.4) is 0 Å². The first-order valence-electron chi connectivity index (χ1n) is 6.22. The van der Waals surface area contributed by atoms with Crippen molar-refractivity contribution in [1.82, 2.24) is 4.90 Å². The SMILES string of the molecule is CCCC(C)N1C(=O)c2ccc(C(=O)O)cc2C1=O. The van der Waals surface area contributed by atoms with Gasteiger partial charge in [0.15, 0.2) is 0 Å². The molecule has 0 radical (unpaired) electrons. The first-order valence-corrected chi connectivity index (χ1v) is 6.22. The van der Waals surface area contributed by atoms with Gasteiger partial charge in [-0.25, -0.2) is 4.79 Å². The molecular weight excluding hydrogens is 246 g/mol. The molecule has 0 aliphatic carbocycles. The van der Waals surface area contributed by atoms with Crippen molar-refractivity contribution < 1.29 is 19.5 Å². The second kappa shape index (κ2) is 4.84. The zero-order chi connectivity index (χ0) is 14.2. The summed E-state index contributed by atoms with van der Waals surface area (Å²) in [4.78, 5) is 36.5. The number of carboxylic acids is 1. The molecule has 1 unspecified atom stereocenters. The molecule has 1 atom stereocenters. The molecule has 5 nitrogen and oxygen atoms in total. The van der Waals surface area contributed by atoms with E-state index in [-0.39, 0.29) is 28.6 Å². The molecule has 0 bridgehead atoms. The molecular formula is C14H15NO4. The Balaban J connectivity index is 2.41. The van der Waals surface area contributed by atoms with Gasteiger partial charge in [0.1, 0.15) is 0 Å². The quantitative estimate of drug-likeness (QED) is 0.843. The molecule has 0 saturated carbocycles. The number of amides is 2. The third-order valence-electron chi connectivity index (χ3n) is 3.31. The van der Waals surface area contributed by atoms with E-state index >= 15 is 0 Å². The number of aromatic carboxylic acids is 1. The Labute approximate surface area is 110 Å². The van der Waals surface area contributed by atoms with E-state index in [0.717, 1.165) is 12.8 Å². The Morgan fingerprint density at radius 3 is 2.47 bits per heavy atom. The average Bonchev–Trinajstić information content (AvgIpc) is 2.62. The molecule has 2 rings (SSSR count). The maximum Gasteiger partial charge on any atom is 0.335 e. The number of hydrogen-bond acceptors (Lipinski definition) is 3. The molecule has 0 aromatic heterocycles. The van der Waals surface area contributed by atoms with Crippen molar-refractivity contribution in [2.75, 3.05) is 0 Å². The van der Waals surface area contributed by atoms with Gasteiger partial charge in [-0.2, -0.15) is 0 Å². The monoisotopic (exact) mass is 261 g/mol. The maximum atomic E-state index is 12.2. The van der Waals surface area contributed by atoms with Gasteiger partial charge < -0.3 is 5.11 Å². The molecule has 0 saturated heterocycles. The number of nitrogens with zero attached hydrogens (tertiary/aromatic N) is 1. The number of imide groups is 1. The molecule has 1 aliphatic rings. The smallest absolute Gasteiger partial charge is 0.335 e. The number of fused-ring (bicyclic) bond motifs is 1. The number of rotatable bonds is 4. The van der Waals surface area contributed by atoms with E-state index in [4.69, 9.17) is 5.11 Å². The van der Waals surface area contributed by atoms with Crippen molar-refractivity contribution in [2.24, 2.45) is 0 Å². The van der Waals surface area contributed by atoms with E-state index in [1.54, 1.807) is 0 Å². The normalized spacial score (nSPS) is 15.6. The summed E-state index contributed by atoms with van der Waals surface area (Å²) in [5.74, 6) is -1.84.